The summed E-state index contributed by atoms with van der Waals surface area (Å²) in [5.74, 6) is 6.60. The predicted molar refractivity (Wildman–Crippen MR) is 121 cm³/mol. The van der Waals surface area contributed by atoms with Crippen molar-refractivity contribution in [1.82, 2.24) is 0 Å². The van der Waals surface area contributed by atoms with Crippen molar-refractivity contribution in [2.45, 2.75) is 118 Å². The lowest BCUT2D eigenvalue weighted by Crippen LogP contribution is -2.59. The number of nitrogens with two attached hydrogens (primary N) is 1. The van der Waals surface area contributed by atoms with E-state index in [4.69, 9.17) is 5.73 Å². The maximum atomic E-state index is 6.86. The molecular formula is C27H49N. The second-order valence-corrected chi connectivity index (χ2v) is 12.6. The van der Waals surface area contributed by atoms with Gasteiger partial charge in [0, 0.05) is 6.04 Å². The Labute approximate surface area is 176 Å². The Bertz CT molecular complexity index is 540. The summed E-state index contributed by atoms with van der Waals surface area (Å²) >= 11 is 0. The Morgan fingerprint density at radius 2 is 1.64 bits per heavy atom. The maximum Gasteiger partial charge on any atom is 0.00983 e. The summed E-state index contributed by atoms with van der Waals surface area (Å²) in [5, 5.41) is 0. The van der Waals surface area contributed by atoms with Crippen molar-refractivity contribution in [3.63, 3.8) is 0 Å². The first-order chi connectivity index (χ1) is 13.3. The molecule has 1 nitrogen and oxygen atoms in total. The first-order valence-electron chi connectivity index (χ1n) is 13.0. The molecule has 0 bridgehead atoms. The second kappa shape index (κ2) is 7.90. The highest BCUT2D eigenvalue weighted by atomic mass is 14.8. The monoisotopic (exact) mass is 387 g/mol. The molecule has 0 saturated heterocycles. The Balaban J connectivity index is 1.49. The molecule has 1 heteroatoms. The third-order valence-corrected chi connectivity index (χ3v) is 11.0. The second-order valence-electron chi connectivity index (χ2n) is 12.6. The van der Waals surface area contributed by atoms with Crippen LogP contribution in [0.4, 0.5) is 0 Å². The van der Waals surface area contributed by atoms with Crippen LogP contribution in [-0.2, 0) is 0 Å². The van der Waals surface area contributed by atoms with E-state index in [1.165, 1.54) is 77.0 Å². The van der Waals surface area contributed by atoms with E-state index in [2.05, 4.69) is 34.6 Å². The molecule has 0 radical (unpaired) electrons. The van der Waals surface area contributed by atoms with Crippen molar-refractivity contribution in [2.24, 2.45) is 58.0 Å². The molecule has 4 fully saturated rings. The van der Waals surface area contributed by atoms with Crippen molar-refractivity contribution < 1.29 is 0 Å². The van der Waals surface area contributed by atoms with E-state index >= 15 is 0 Å². The van der Waals surface area contributed by atoms with Gasteiger partial charge in [-0.25, -0.2) is 0 Å². The molecule has 0 amide bonds. The van der Waals surface area contributed by atoms with Crippen LogP contribution in [0, 0.1) is 52.3 Å². The molecule has 0 aromatic carbocycles. The molecule has 4 rings (SSSR count). The Morgan fingerprint density at radius 1 is 0.857 bits per heavy atom. The van der Waals surface area contributed by atoms with Crippen LogP contribution in [0.3, 0.4) is 0 Å². The van der Waals surface area contributed by atoms with Gasteiger partial charge < -0.3 is 5.73 Å². The largest absolute Gasteiger partial charge is 0.327 e. The maximum absolute atomic E-state index is 6.86. The van der Waals surface area contributed by atoms with Gasteiger partial charge in [-0.1, -0.05) is 60.3 Å². The molecule has 0 aromatic rings. The smallest absolute Gasteiger partial charge is 0.00983 e. The van der Waals surface area contributed by atoms with Crippen LogP contribution in [0.15, 0.2) is 0 Å². The minimum absolute atomic E-state index is 0.448. The molecule has 4 aliphatic rings. The third kappa shape index (κ3) is 3.30. The highest BCUT2D eigenvalue weighted by molar-refractivity contribution is 5.11. The van der Waals surface area contributed by atoms with E-state index in [-0.39, 0.29) is 0 Å². The third-order valence-electron chi connectivity index (χ3n) is 11.0. The normalized spacial score (nSPS) is 49.4. The minimum Gasteiger partial charge on any atom is -0.327 e. The molecule has 4 saturated carbocycles. The molecule has 4 aliphatic carbocycles. The van der Waals surface area contributed by atoms with Crippen molar-refractivity contribution >= 4 is 0 Å². The van der Waals surface area contributed by atoms with E-state index < -0.39 is 0 Å². The van der Waals surface area contributed by atoms with E-state index in [0.717, 1.165) is 41.4 Å². The van der Waals surface area contributed by atoms with Crippen molar-refractivity contribution in [3.8, 4) is 0 Å². The quantitative estimate of drug-likeness (QED) is 0.521. The van der Waals surface area contributed by atoms with Crippen LogP contribution in [0.2, 0.25) is 0 Å². The summed E-state index contributed by atoms with van der Waals surface area (Å²) in [6.07, 6.45) is 17.5. The topological polar surface area (TPSA) is 26.0 Å². The van der Waals surface area contributed by atoms with E-state index in [1.807, 2.05) is 0 Å². The fourth-order valence-corrected chi connectivity index (χ4v) is 9.42. The minimum atomic E-state index is 0.448. The highest BCUT2D eigenvalue weighted by Crippen LogP contribution is 2.68. The highest BCUT2D eigenvalue weighted by Gasteiger charge is 2.61. The summed E-state index contributed by atoms with van der Waals surface area (Å²) < 4.78 is 0. The Kier molecular flexibility index (Phi) is 5.98. The number of hydrogen-bond donors (Lipinski definition) is 1. The van der Waals surface area contributed by atoms with Crippen LogP contribution in [-0.4, -0.2) is 6.04 Å². The fourth-order valence-electron chi connectivity index (χ4n) is 9.42. The van der Waals surface area contributed by atoms with Crippen molar-refractivity contribution in [1.29, 1.82) is 0 Å². The van der Waals surface area contributed by atoms with Gasteiger partial charge in [0.1, 0.15) is 0 Å². The molecule has 0 aliphatic heterocycles. The Morgan fingerprint density at radius 3 is 2.39 bits per heavy atom. The van der Waals surface area contributed by atoms with Gasteiger partial charge in [-0.2, -0.15) is 0 Å². The lowest BCUT2D eigenvalue weighted by molar-refractivity contribution is -0.122. The van der Waals surface area contributed by atoms with Gasteiger partial charge >= 0.3 is 0 Å². The standard InChI is InChI=1S/C27H49N/c1-18(2)8-6-9-19(3)22-14-15-23-21-13-12-20-10-7-11-25(28)27(20,5)24(21)16-17-26(22,23)4/h18-25H,6-17,28H2,1-5H3/t19-,20+,21+,22-,23-,24-,25?,26+,27-/m0/s1. The summed E-state index contributed by atoms with van der Waals surface area (Å²) in [5.41, 5.74) is 7.93. The average molecular weight is 388 g/mol. The molecule has 9 atom stereocenters. The molecule has 0 heterocycles. The number of rotatable bonds is 5. The van der Waals surface area contributed by atoms with E-state index in [0.29, 0.717) is 16.9 Å². The predicted octanol–water partition coefficient (Wildman–Crippen LogP) is 7.44. The molecule has 2 N–H and O–H groups in total. The molecule has 0 aromatic heterocycles. The molecule has 28 heavy (non-hydrogen) atoms. The lowest BCUT2D eigenvalue weighted by atomic mass is 9.43. The molecule has 162 valence electrons. The van der Waals surface area contributed by atoms with Gasteiger partial charge in [-0.3, -0.25) is 0 Å². The number of hydrogen-bond acceptors (Lipinski definition) is 1. The summed E-state index contributed by atoms with van der Waals surface area (Å²) in [7, 11) is 0. The summed E-state index contributed by atoms with van der Waals surface area (Å²) in [6, 6.07) is 0.468. The van der Waals surface area contributed by atoms with Gasteiger partial charge in [0.15, 0.2) is 0 Å². The first kappa shape index (κ1) is 21.2. The summed E-state index contributed by atoms with van der Waals surface area (Å²) in [6.45, 7) is 12.7. The SMILES string of the molecule is CC(C)CCC[C@H](C)[C@@H]1CC[C@H]2[C@H]3CC[C@H]4CCCC(N)[C@]4(C)[C@H]3CC[C@@]21C. The molecule has 1 unspecified atom stereocenters. The van der Waals surface area contributed by atoms with Crippen molar-refractivity contribution in [3.05, 3.63) is 0 Å². The van der Waals surface area contributed by atoms with Gasteiger partial charge in [0.05, 0.1) is 0 Å². The Hall–Kier alpha value is -0.0400. The average Bonchev–Trinajstić information content (AvgIpc) is 3.00. The zero-order valence-electron chi connectivity index (χ0n) is 19.7. The number of fused-ring (bicyclic) bond motifs is 5. The van der Waals surface area contributed by atoms with Crippen LogP contribution in [0.25, 0.3) is 0 Å². The van der Waals surface area contributed by atoms with Crippen LogP contribution < -0.4 is 5.73 Å². The van der Waals surface area contributed by atoms with Crippen LogP contribution in [0.5, 0.6) is 0 Å². The zero-order valence-corrected chi connectivity index (χ0v) is 19.7. The van der Waals surface area contributed by atoms with Gasteiger partial charge in [0.2, 0.25) is 0 Å². The first-order valence-corrected chi connectivity index (χ1v) is 13.0. The van der Waals surface area contributed by atoms with Gasteiger partial charge in [-0.05, 0) is 104 Å². The van der Waals surface area contributed by atoms with Crippen molar-refractivity contribution in [2.75, 3.05) is 0 Å². The van der Waals surface area contributed by atoms with E-state index in [1.54, 1.807) is 0 Å². The van der Waals surface area contributed by atoms with Gasteiger partial charge in [0.25, 0.3) is 0 Å². The van der Waals surface area contributed by atoms with Gasteiger partial charge in [-0.15, -0.1) is 0 Å². The van der Waals surface area contributed by atoms with E-state index in [9.17, 15) is 0 Å². The van der Waals surface area contributed by atoms with Crippen LogP contribution in [0.1, 0.15) is 112 Å². The molecule has 0 spiro atoms. The fraction of sp³-hybridized carbons (Fsp3) is 1.00. The van der Waals surface area contributed by atoms with Crippen LogP contribution >= 0.6 is 0 Å². The summed E-state index contributed by atoms with van der Waals surface area (Å²) in [4.78, 5) is 0. The zero-order chi connectivity index (χ0) is 20.1. The lowest BCUT2D eigenvalue weighted by Gasteiger charge is -2.62. The molecular weight excluding hydrogens is 338 g/mol.